The Balaban J connectivity index is 1.96. The SMILES string of the molecule is Cc1nc(Nc2c(C)cccc2C)c2c(-c3ccc(F)cc3)c(C)sc2n1. The summed E-state index contributed by atoms with van der Waals surface area (Å²) in [4.78, 5) is 11.4. The number of aromatic nitrogens is 2. The van der Waals surface area contributed by atoms with E-state index in [1.165, 1.54) is 12.1 Å². The van der Waals surface area contributed by atoms with E-state index in [1.807, 2.05) is 19.1 Å². The highest BCUT2D eigenvalue weighted by molar-refractivity contribution is 7.19. The van der Waals surface area contributed by atoms with Gasteiger partial charge in [0, 0.05) is 16.1 Å². The molecule has 0 unspecified atom stereocenters. The molecule has 0 aliphatic rings. The van der Waals surface area contributed by atoms with Gasteiger partial charge in [-0.05, 0) is 56.5 Å². The number of hydrogen-bond donors (Lipinski definition) is 1. The van der Waals surface area contributed by atoms with Gasteiger partial charge in [-0.15, -0.1) is 11.3 Å². The zero-order valence-corrected chi connectivity index (χ0v) is 16.5. The van der Waals surface area contributed by atoms with Crippen molar-refractivity contribution in [3.05, 3.63) is 70.1 Å². The number of thiophene rings is 1. The number of nitrogens with zero attached hydrogens (tertiary/aromatic N) is 2. The maximum atomic E-state index is 13.4. The van der Waals surface area contributed by atoms with Crippen LogP contribution in [0.1, 0.15) is 21.8 Å². The van der Waals surface area contributed by atoms with Crippen LogP contribution in [0.3, 0.4) is 0 Å². The van der Waals surface area contributed by atoms with Gasteiger partial charge in [0.1, 0.15) is 22.3 Å². The van der Waals surface area contributed by atoms with Crippen molar-refractivity contribution in [2.24, 2.45) is 0 Å². The highest BCUT2D eigenvalue weighted by Gasteiger charge is 2.18. The van der Waals surface area contributed by atoms with Crippen molar-refractivity contribution in [1.82, 2.24) is 9.97 Å². The molecule has 0 bridgehead atoms. The summed E-state index contributed by atoms with van der Waals surface area (Å²) in [6, 6.07) is 12.8. The number of halogens is 1. The average Bonchev–Trinajstić information content (AvgIpc) is 2.94. The summed E-state index contributed by atoms with van der Waals surface area (Å²) in [7, 11) is 0. The standard InChI is InChI=1S/C22H20FN3S/c1-12-6-5-7-13(2)20(12)26-21-19-18(16-8-10-17(23)11-9-16)14(3)27-22(19)25-15(4)24-21/h5-11H,1-4H3,(H,24,25,26). The van der Waals surface area contributed by atoms with Gasteiger partial charge in [0.2, 0.25) is 0 Å². The Bertz CT molecular complexity index is 1130. The number of aryl methyl sites for hydroxylation is 4. The summed E-state index contributed by atoms with van der Waals surface area (Å²) in [5.74, 6) is 1.28. The number of nitrogens with one attached hydrogen (secondary N) is 1. The highest BCUT2D eigenvalue weighted by Crippen LogP contribution is 2.41. The molecule has 1 N–H and O–H groups in total. The summed E-state index contributed by atoms with van der Waals surface area (Å²) in [5.41, 5.74) is 5.41. The van der Waals surface area contributed by atoms with Crippen LogP contribution >= 0.6 is 11.3 Å². The molecule has 4 aromatic rings. The molecule has 27 heavy (non-hydrogen) atoms. The molecular weight excluding hydrogens is 357 g/mol. The number of anilines is 2. The molecule has 0 fully saturated rings. The van der Waals surface area contributed by atoms with Gasteiger partial charge in [-0.2, -0.15) is 0 Å². The quantitative estimate of drug-likeness (QED) is 0.444. The minimum absolute atomic E-state index is 0.239. The van der Waals surface area contributed by atoms with E-state index in [1.54, 1.807) is 11.3 Å². The first-order valence-corrected chi connectivity index (χ1v) is 9.62. The normalized spacial score (nSPS) is 11.1. The lowest BCUT2D eigenvalue weighted by molar-refractivity contribution is 0.628. The van der Waals surface area contributed by atoms with Gasteiger partial charge in [-0.25, -0.2) is 14.4 Å². The second kappa shape index (κ2) is 6.74. The largest absolute Gasteiger partial charge is 0.339 e. The minimum Gasteiger partial charge on any atom is -0.339 e. The molecule has 3 nitrogen and oxygen atoms in total. The van der Waals surface area contributed by atoms with E-state index in [4.69, 9.17) is 4.98 Å². The van der Waals surface area contributed by atoms with Crippen LogP contribution in [-0.2, 0) is 0 Å². The monoisotopic (exact) mass is 377 g/mol. The van der Waals surface area contributed by atoms with E-state index >= 15 is 0 Å². The number of rotatable bonds is 3. The second-order valence-electron chi connectivity index (χ2n) is 6.73. The fraction of sp³-hybridized carbons (Fsp3) is 0.182. The lowest BCUT2D eigenvalue weighted by atomic mass is 10.0. The lowest BCUT2D eigenvalue weighted by Gasteiger charge is -2.14. The van der Waals surface area contributed by atoms with Gasteiger partial charge in [0.05, 0.1) is 5.39 Å². The van der Waals surface area contributed by atoms with Crippen LogP contribution in [0.5, 0.6) is 0 Å². The van der Waals surface area contributed by atoms with Crippen molar-refractivity contribution >= 4 is 33.1 Å². The molecule has 0 saturated carbocycles. The third-order valence-corrected chi connectivity index (χ3v) is 5.70. The Hall–Kier alpha value is -2.79. The smallest absolute Gasteiger partial charge is 0.143 e. The lowest BCUT2D eigenvalue weighted by Crippen LogP contribution is -2.01. The first-order valence-electron chi connectivity index (χ1n) is 8.81. The molecule has 2 heterocycles. The zero-order valence-electron chi connectivity index (χ0n) is 15.7. The molecule has 5 heteroatoms. The predicted octanol–water partition coefficient (Wildman–Crippen LogP) is 6.47. The molecule has 0 aliphatic carbocycles. The van der Waals surface area contributed by atoms with E-state index < -0.39 is 0 Å². The van der Waals surface area contributed by atoms with Crippen molar-refractivity contribution in [3.8, 4) is 11.1 Å². The van der Waals surface area contributed by atoms with Crippen LogP contribution in [0, 0.1) is 33.5 Å². The van der Waals surface area contributed by atoms with Crippen LogP contribution in [0.4, 0.5) is 15.9 Å². The molecule has 0 aliphatic heterocycles. The van der Waals surface area contributed by atoms with Crippen molar-refractivity contribution in [2.45, 2.75) is 27.7 Å². The van der Waals surface area contributed by atoms with Crippen LogP contribution in [-0.4, -0.2) is 9.97 Å². The molecule has 2 aromatic carbocycles. The summed E-state index contributed by atoms with van der Waals surface area (Å²) < 4.78 is 13.4. The van der Waals surface area contributed by atoms with Crippen molar-refractivity contribution in [1.29, 1.82) is 0 Å². The number of para-hydroxylation sites is 1. The Morgan fingerprint density at radius 3 is 2.22 bits per heavy atom. The Morgan fingerprint density at radius 2 is 1.56 bits per heavy atom. The molecule has 0 atom stereocenters. The molecule has 0 spiro atoms. The van der Waals surface area contributed by atoms with Gasteiger partial charge >= 0.3 is 0 Å². The third-order valence-electron chi connectivity index (χ3n) is 4.70. The van der Waals surface area contributed by atoms with Crippen molar-refractivity contribution < 1.29 is 4.39 Å². The Kier molecular flexibility index (Phi) is 4.40. The number of hydrogen-bond acceptors (Lipinski definition) is 4. The fourth-order valence-corrected chi connectivity index (χ4v) is 4.49. The molecule has 4 rings (SSSR count). The van der Waals surface area contributed by atoms with E-state index in [2.05, 4.69) is 49.3 Å². The third kappa shape index (κ3) is 3.19. The zero-order chi connectivity index (χ0) is 19.1. The average molecular weight is 377 g/mol. The molecule has 0 radical (unpaired) electrons. The summed E-state index contributed by atoms with van der Waals surface area (Å²) in [6.45, 7) is 8.14. The summed E-state index contributed by atoms with van der Waals surface area (Å²) >= 11 is 1.64. The Labute approximate surface area is 161 Å². The first kappa shape index (κ1) is 17.6. The molecule has 2 aromatic heterocycles. The van der Waals surface area contributed by atoms with Gasteiger partial charge in [0.15, 0.2) is 0 Å². The summed E-state index contributed by atoms with van der Waals surface area (Å²) in [5, 5.41) is 4.52. The van der Waals surface area contributed by atoms with E-state index in [-0.39, 0.29) is 5.82 Å². The second-order valence-corrected chi connectivity index (χ2v) is 7.93. The van der Waals surface area contributed by atoms with Gasteiger partial charge in [-0.3, -0.25) is 0 Å². The number of benzene rings is 2. The minimum atomic E-state index is -0.239. The van der Waals surface area contributed by atoms with Crippen LogP contribution in [0.2, 0.25) is 0 Å². The molecule has 0 saturated heterocycles. The predicted molar refractivity (Wildman–Crippen MR) is 111 cm³/mol. The van der Waals surface area contributed by atoms with Gasteiger partial charge < -0.3 is 5.32 Å². The van der Waals surface area contributed by atoms with E-state index in [9.17, 15) is 4.39 Å². The van der Waals surface area contributed by atoms with E-state index in [0.717, 1.165) is 54.7 Å². The maximum Gasteiger partial charge on any atom is 0.143 e. The van der Waals surface area contributed by atoms with Crippen LogP contribution in [0.15, 0.2) is 42.5 Å². The number of fused-ring (bicyclic) bond motifs is 1. The van der Waals surface area contributed by atoms with Gasteiger partial charge in [-0.1, -0.05) is 30.3 Å². The maximum absolute atomic E-state index is 13.4. The van der Waals surface area contributed by atoms with Crippen molar-refractivity contribution in [3.63, 3.8) is 0 Å². The van der Waals surface area contributed by atoms with E-state index in [0.29, 0.717) is 0 Å². The van der Waals surface area contributed by atoms with Gasteiger partial charge in [0.25, 0.3) is 0 Å². The van der Waals surface area contributed by atoms with Crippen molar-refractivity contribution in [2.75, 3.05) is 5.32 Å². The molecule has 136 valence electrons. The highest BCUT2D eigenvalue weighted by atomic mass is 32.1. The first-order chi connectivity index (χ1) is 12.9. The Morgan fingerprint density at radius 1 is 0.889 bits per heavy atom. The topological polar surface area (TPSA) is 37.8 Å². The fourth-order valence-electron chi connectivity index (χ4n) is 3.40. The summed E-state index contributed by atoms with van der Waals surface area (Å²) in [6.07, 6.45) is 0. The molecule has 0 amide bonds. The van der Waals surface area contributed by atoms with Crippen LogP contribution < -0.4 is 5.32 Å². The van der Waals surface area contributed by atoms with Crippen LogP contribution in [0.25, 0.3) is 21.3 Å². The molecular formula is C22H20FN3S.